The molecule has 0 aliphatic carbocycles. The van der Waals surface area contributed by atoms with Gasteiger partial charge in [0.15, 0.2) is 0 Å². The van der Waals surface area contributed by atoms with Gasteiger partial charge in [-0.1, -0.05) is 12.1 Å². The lowest BCUT2D eigenvalue weighted by Crippen LogP contribution is -2.33. The van der Waals surface area contributed by atoms with Crippen molar-refractivity contribution in [3.63, 3.8) is 0 Å². The van der Waals surface area contributed by atoms with Gasteiger partial charge in [0.1, 0.15) is 0 Å². The van der Waals surface area contributed by atoms with Crippen LogP contribution in [0.15, 0.2) is 29.2 Å². The third-order valence-electron chi connectivity index (χ3n) is 3.41. The molecule has 2 atom stereocenters. The molecule has 1 saturated heterocycles. The minimum absolute atomic E-state index is 0.0433. The van der Waals surface area contributed by atoms with Crippen LogP contribution in [-0.2, 0) is 26.1 Å². The van der Waals surface area contributed by atoms with Crippen LogP contribution < -0.4 is 10.5 Å². The lowest BCUT2D eigenvalue weighted by Gasteiger charge is -2.14. The third kappa shape index (κ3) is 3.56. The molecule has 1 heterocycles. The van der Waals surface area contributed by atoms with E-state index in [0.717, 1.165) is 0 Å². The van der Waals surface area contributed by atoms with Gasteiger partial charge in [-0.3, -0.25) is 4.79 Å². The van der Waals surface area contributed by atoms with Crippen molar-refractivity contribution in [1.82, 2.24) is 5.32 Å². The van der Waals surface area contributed by atoms with Gasteiger partial charge in [-0.15, -0.1) is 0 Å². The molecule has 1 fully saturated rings. The van der Waals surface area contributed by atoms with Crippen LogP contribution in [0.2, 0.25) is 0 Å². The van der Waals surface area contributed by atoms with Crippen molar-refractivity contribution in [3.05, 3.63) is 29.8 Å². The minimum atomic E-state index is -3.72. The molecule has 0 radical (unpaired) electrons. The summed E-state index contributed by atoms with van der Waals surface area (Å²) in [5.74, 6) is -0.215. The maximum Gasteiger partial charge on any atom is 0.238 e. The molecule has 1 aliphatic rings. The maximum atomic E-state index is 12.0. The average Bonchev–Trinajstić information content (AvgIpc) is 2.82. The largest absolute Gasteiger partial charge is 0.378 e. The average molecular weight is 298 g/mol. The highest BCUT2D eigenvalue weighted by atomic mass is 32.2. The zero-order valence-corrected chi connectivity index (χ0v) is 12.0. The Morgan fingerprint density at radius 1 is 1.50 bits per heavy atom. The molecule has 20 heavy (non-hydrogen) atoms. The summed E-state index contributed by atoms with van der Waals surface area (Å²) >= 11 is 0. The third-order valence-corrected chi connectivity index (χ3v) is 4.32. The Bertz CT molecular complexity index is 600. The van der Waals surface area contributed by atoms with E-state index in [-0.39, 0.29) is 29.4 Å². The molecule has 2 rings (SSSR count). The van der Waals surface area contributed by atoms with E-state index >= 15 is 0 Å². The highest BCUT2D eigenvalue weighted by Gasteiger charge is 2.30. The van der Waals surface area contributed by atoms with Gasteiger partial charge in [-0.2, -0.15) is 0 Å². The molecule has 1 aliphatic heterocycles. The number of hydrogen-bond acceptors (Lipinski definition) is 4. The van der Waals surface area contributed by atoms with Crippen molar-refractivity contribution in [2.75, 3.05) is 6.61 Å². The molecule has 3 N–H and O–H groups in total. The first-order valence-corrected chi connectivity index (χ1v) is 7.93. The number of carbonyl (C=O) groups is 1. The van der Waals surface area contributed by atoms with Gasteiger partial charge in [0.05, 0.1) is 16.9 Å². The van der Waals surface area contributed by atoms with E-state index in [0.29, 0.717) is 18.6 Å². The Balaban J connectivity index is 1.99. The van der Waals surface area contributed by atoms with E-state index in [9.17, 15) is 13.2 Å². The van der Waals surface area contributed by atoms with Gasteiger partial charge in [-0.25, -0.2) is 13.6 Å². The predicted molar refractivity (Wildman–Crippen MR) is 73.2 cm³/mol. The van der Waals surface area contributed by atoms with Crippen LogP contribution in [0.5, 0.6) is 0 Å². The van der Waals surface area contributed by atoms with E-state index in [4.69, 9.17) is 9.88 Å². The molecule has 2 unspecified atom stereocenters. The number of ether oxygens (including phenoxy) is 1. The van der Waals surface area contributed by atoms with Crippen LogP contribution in [0.4, 0.5) is 0 Å². The standard InChI is InChI=1S/C13H18N2O4S/c1-9-12(5-6-19-9)13(16)15-8-10-3-2-4-11(7-10)20(14,17)18/h2-4,7,9,12H,5-6,8H2,1H3,(H,15,16)(H2,14,17,18). The molecular formula is C13H18N2O4S. The Morgan fingerprint density at radius 3 is 2.85 bits per heavy atom. The Hall–Kier alpha value is -1.44. The van der Waals surface area contributed by atoms with E-state index in [1.54, 1.807) is 12.1 Å². The quantitative estimate of drug-likeness (QED) is 0.839. The summed E-state index contributed by atoms with van der Waals surface area (Å²) in [7, 11) is -3.72. The summed E-state index contributed by atoms with van der Waals surface area (Å²) in [5, 5.41) is 7.86. The monoisotopic (exact) mass is 298 g/mol. The molecule has 0 bridgehead atoms. The number of benzene rings is 1. The lowest BCUT2D eigenvalue weighted by molar-refractivity contribution is -0.126. The topological polar surface area (TPSA) is 98.5 Å². The highest BCUT2D eigenvalue weighted by Crippen LogP contribution is 2.20. The first-order valence-electron chi connectivity index (χ1n) is 6.39. The molecule has 0 saturated carbocycles. The number of nitrogens with two attached hydrogens (primary N) is 1. The fourth-order valence-electron chi connectivity index (χ4n) is 2.23. The van der Waals surface area contributed by atoms with Gasteiger partial charge in [-0.05, 0) is 31.0 Å². The Morgan fingerprint density at radius 2 is 2.25 bits per heavy atom. The van der Waals surface area contributed by atoms with Crippen molar-refractivity contribution in [2.45, 2.75) is 30.9 Å². The van der Waals surface area contributed by atoms with Crippen molar-refractivity contribution < 1.29 is 17.9 Å². The molecule has 0 spiro atoms. The predicted octanol–water partition coefficient (Wildman–Crippen LogP) is 0.375. The normalized spacial score (nSPS) is 22.7. The van der Waals surface area contributed by atoms with Crippen LogP contribution in [0, 0.1) is 5.92 Å². The van der Waals surface area contributed by atoms with Gasteiger partial charge < -0.3 is 10.1 Å². The highest BCUT2D eigenvalue weighted by molar-refractivity contribution is 7.89. The van der Waals surface area contributed by atoms with E-state index in [1.807, 2.05) is 6.92 Å². The number of sulfonamides is 1. The molecule has 1 aromatic rings. The smallest absolute Gasteiger partial charge is 0.238 e. The van der Waals surface area contributed by atoms with Crippen molar-refractivity contribution in [2.24, 2.45) is 11.1 Å². The molecule has 1 aromatic carbocycles. The minimum Gasteiger partial charge on any atom is -0.378 e. The number of rotatable bonds is 4. The number of nitrogens with one attached hydrogen (secondary N) is 1. The first-order chi connectivity index (χ1) is 9.38. The summed E-state index contributed by atoms with van der Waals surface area (Å²) in [5.41, 5.74) is 0.691. The number of carbonyl (C=O) groups excluding carboxylic acids is 1. The van der Waals surface area contributed by atoms with Crippen LogP contribution in [0.1, 0.15) is 18.9 Å². The second-order valence-electron chi connectivity index (χ2n) is 4.88. The van der Waals surface area contributed by atoms with Crippen molar-refractivity contribution >= 4 is 15.9 Å². The Labute approximate surface area is 118 Å². The summed E-state index contributed by atoms with van der Waals surface area (Å²) in [6.45, 7) is 2.74. The number of amides is 1. The first kappa shape index (κ1) is 15.0. The van der Waals surface area contributed by atoms with Crippen LogP contribution in [0.25, 0.3) is 0 Å². The van der Waals surface area contributed by atoms with Crippen LogP contribution >= 0.6 is 0 Å². The second kappa shape index (κ2) is 5.90. The van der Waals surface area contributed by atoms with Gasteiger partial charge in [0.25, 0.3) is 0 Å². The SMILES string of the molecule is CC1OCCC1C(=O)NCc1cccc(S(N)(=O)=O)c1. The van der Waals surface area contributed by atoms with E-state index in [2.05, 4.69) is 5.32 Å². The van der Waals surface area contributed by atoms with Crippen molar-refractivity contribution in [3.8, 4) is 0 Å². The van der Waals surface area contributed by atoms with E-state index in [1.165, 1.54) is 12.1 Å². The van der Waals surface area contributed by atoms with Gasteiger partial charge in [0.2, 0.25) is 15.9 Å². The summed E-state index contributed by atoms with van der Waals surface area (Å²) < 4.78 is 27.8. The Kier molecular flexibility index (Phi) is 4.42. The maximum absolute atomic E-state index is 12.0. The molecule has 1 amide bonds. The zero-order chi connectivity index (χ0) is 14.8. The summed E-state index contributed by atoms with van der Waals surface area (Å²) in [4.78, 5) is 12.0. The van der Waals surface area contributed by atoms with Gasteiger partial charge >= 0.3 is 0 Å². The number of primary sulfonamides is 1. The lowest BCUT2D eigenvalue weighted by atomic mass is 10.0. The molecule has 6 nitrogen and oxygen atoms in total. The van der Waals surface area contributed by atoms with Crippen molar-refractivity contribution in [1.29, 1.82) is 0 Å². The van der Waals surface area contributed by atoms with Crippen LogP contribution in [-0.4, -0.2) is 27.0 Å². The number of hydrogen-bond donors (Lipinski definition) is 2. The fourth-order valence-corrected chi connectivity index (χ4v) is 2.81. The fraction of sp³-hybridized carbons (Fsp3) is 0.462. The second-order valence-corrected chi connectivity index (χ2v) is 6.44. The van der Waals surface area contributed by atoms with Crippen LogP contribution in [0.3, 0.4) is 0 Å². The van der Waals surface area contributed by atoms with Gasteiger partial charge in [0, 0.05) is 13.2 Å². The molecule has 110 valence electrons. The van der Waals surface area contributed by atoms with E-state index < -0.39 is 10.0 Å². The molecule has 7 heteroatoms. The summed E-state index contributed by atoms with van der Waals surface area (Å²) in [6.07, 6.45) is 0.635. The summed E-state index contributed by atoms with van der Waals surface area (Å²) in [6, 6.07) is 6.23. The molecule has 0 aromatic heterocycles. The zero-order valence-electron chi connectivity index (χ0n) is 11.2. The molecular weight excluding hydrogens is 280 g/mol.